The summed E-state index contributed by atoms with van der Waals surface area (Å²) in [5, 5.41) is 4.33. The fraction of sp³-hybridized carbons (Fsp3) is 0.300. The van der Waals surface area contributed by atoms with Crippen LogP contribution in [0.5, 0.6) is 0 Å². The van der Waals surface area contributed by atoms with Crippen LogP contribution in [0, 0.1) is 0 Å². The van der Waals surface area contributed by atoms with Crippen LogP contribution in [0.3, 0.4) is 0 Å². The zero-order valence-electron chi connectivity index (χ0n) is 14.3. The van der Waals surface area contributed by atoms with Gasteiger partial charge in [-0.1, -0.05) is 87.9 Å². The Morgan fingerprint density at radius 1 is 0.913 bits per heavy atom. The van der Waals surface area contributed by atoms with Gasteiger partial charge in [0.25, 0.3) is 0 Å². The molecule has 0 bridgehead atoms. The van der Waals surface area contributed by atoms with Crippen molar-refractivity contribution in [3.8, 4) is 0 Å². The van der Waals surface area contributed by atoms with E-state index in [1.165, 1.54) is 0 Å². The van der Waals surface area contributed by atoms with Crippen molar-refractivity contribution in [2.45, 2.75) is 40.0 Å². The molecule has 0 unspecified atom stereocenters. The van der Waals surface area contributed by atoms with Gasteiger partial charge in [-0.3, -0.25) is 4.79 Å². The van der Waals surface area contributed by atoms with E-state index in [1.54, 1.807) is 0 Å². The van der Waals surface area contributed by atoms with E-state index in [0.717, 1.165) is 29.7 Å². The molecule has 0 radical (unpaired) electrons. The second kappa shape index (κ2) is 11.2. The molecule has 3 heteroatoms. The first-order chi connectivity index (χ1) is 11.3. The third-order valence-corrected chi connectivity index (χ3v) is 3.14. The lowest BCUT2D eigenvalue weighted by atomic mass is 10.0. The van der Waals surface area contributed by atoms with Crippen molar-refractivity contribution >= 4 is 11.6 Å². The van der Waals surface area contributed by atoms with Crippen molar-refractivity contribution < 1.29 is 4.79 Å². The Kier molecular flexibility index (Phi) is 9.06. The smallest absolute Gasteiger partial charge is 0.240 e. The highest BCUT2D eigenvalue weighted by Crippen LogP contribution is 2.10. The van der Waals surface area contributed by atoms with Crippen LogP contribution in [0.15, 0.2) is 65.8 Å². The number of hydrazone groups is 1. The fourth-order valence-electron chi connectivity index (χ4n) is 2.00. The van der Waals surface area contributed by atoms with Crippen LogP contribution >= 0.6 is 0 Å². The highest BCUT2D eigenvalue weighted by atomic mass is 16.2. The summed E-state index contributed by atoms with van der Waals surface area (Å²) in [5.41, 5.74) is 5.41. The third-order valence-electron chi connectivity index (χ3n) is 3.14. The summed E-state index contributed by atoms with van der Waals surface area (Å²) in [6.07, 6.45) is 2.39. The van der Waals surface area contributed by atoms with Crippen molar-refractivity contribution in [2.24, 2.45) is 5.10 Å². The summed E-state index contributed by atoms with van der Waals surface area (Å²) in [6, 6.07) is 19.7. The van der Waals surface area contributed by atoms with Crippen LogP contribution in [0.2, 0.25) is 0 Å². The average molecular weight is 310 g/mol. The number of amides is 1. The zero-order chi connectivity index (χ0) is 16.9. The third kappa shape index (κ3) is 6.47. The summed E-state index contributed by atoms with van der Waals surface area (Å²) in [5.74, 6) is -0.0405. The summed E-state index contributed by atoms with van der Waals surface area (Å²) >= 11 is 0. The molecule has 0 saturated carbocycles. The molecular weight excluding hydrogens is 284 g/mol. The van der Waals surface area contributed by atoms with Crippen LogP contribution in [0.1, 0.15) is 51.2 Å². The molecule has 0 aliphatic heterocycles. The monoisotopic (exact) mass is 310 g/mol. The molecule has 0 aliphatic rings. The van der Waals surface area contributed by atoms with Gasteiger partial charge in [-0.2, -0.15) is 5.10 Å². The molecule has 23 heavy (non-hydrogen) atoms. The number of carbonyl (C=O) groups is 1. The van der Waals surface area contributed by atoms with Gasteiger partial charge >= 0.3 is 0 Å². The van der Waals surface area contributed by atoms with E-state index in [2.05, 4.69) is 17.5 Å². The van der Waals surface area contributed by atoms with Gasteiger partial charge in [0.2, 0.25) is 5.91 Å². The maximum atomic E-state index is 11.8. The number of unbranched alkanes of at least 4 members (excludes halogenated alkanes) is 1. The van der Waals surface area contributed by atoms with Gasteiger partial charge in [0, 0.05) is 17.5 Å². The molecule has 2 rings (SSSR count). The molecule has 0 heterocycles. The number of hydrogen-bond donors (Lipinski definition) is 1. The summed E-state index contributed by atoms with van der Waals surface area (Å²) in [7, 11) is 0. The van der Waals surface area contributed by atoms with Gasteiger partial charge in [-0.05, 0) is 6.42 Å². The molecule has 0 aliphatic carbocycles. The van der Waals surface area contributed by atoms with Gasteiger partial charge in [-0.15, -0.1) is 0 Å². The highest BCUT2D eigenvalue weighted by Gasteiger charge is 2.07. The number of nitrogens with one attached hydrogen (secondary N) is 1. The molecule has 2 aromatic rings. The number of rotatable bonds is 6. The van der Waals surface area contributed by atoms with E-state index in [9.17, 15) is 4.79 Å². The lowest BCUT2D eigenvalue weighted by molar-refractivity contribution is -0.121. The normalized spacial score (nSPS) is 9.35. The highest BCUT2D eigenvalue weighted by molar-refractivity contribution is 6.13. The quantitative estimate of drug-likeness (QED) is 0.606. The van der Waals surface area contributed by atoms with Gasteiger partial charge in [0.05, 0.1) is 5.71 Å². The molecule has 0 spiro atoms. The van der Waals surface area contributed by atoms with Gasteiger partial charge in [0.15, 0.2) is 0 Å². The van der Waals surface area contributed by atoms with E-state index in [-0.39, 0.29) is 5.91 Å². The van der Waals surface area contributed by atoms with Crippen molar-refractivity contribution in [3.63, 3.8) is 0 Å². The largest absolute Gasteiger partial charge is 0.273 e. The lowest BCUT2D eigenvalue weighted by Crippen LogP contribution is -2.20. The van der Waals surface area contributed by atoms with Gasteiger partial charge in [0.1, 0.15) is 0 Å². The Morgan fingerprint density at radius 3 is 1.83 bits per heavy atom. The maximum Gasteiger partial charge on any atom is 0.240 e. The first-order valence-corrected chi connectivity index (χ1v) is 8.28. The number of carbonyl (C=O) groups excluding carboxylic acids is 1. The summed E-state index contributed by atoms with van der Waals surface area (Å²) < 4.78 is 0. The minimum absolute atomic E-state index is 0.0405. The molecule has 0 fully saturated rings. The number of benzene rings is 2. The molecule has 0 atom stereocenters. The first-order valence-electron chi connectivity index (χ1n) is 8.28. The van der Waals surface area contributed by atoms with E-state index < -0.39 is 0 Å². The molecular formula is C20H26N2O. The van der Waals surface area contributed by atoms with Crippen LogP contribution in [0.25, 0.3) is 0 Å². The molecule has 1 N–H and O–H groups in total. The van der Waals surface area contributed by atoms with Crippen molar-refractivity contribution in [2.75, 3.05) is 0 Å². The molecule has 0 aromatic heterocycles. The Hall–Kier alpha value is -2.42. The Bertz CT molecular complexity index is 550. The van der Waals surface area contributed by atoms with Crippen molar-refractivity contribution in [3.05, 3.63) is 71.8 Å². The van der Waals surface area contributed by atoms with Crippen LogP contribution < -0.4 is 5.43 Å². The van der Waals surface area contributed by atoms with E-state index >= 15 is 0 Å². The Balaban J connectivity index is 0.00000127. The fourth-order valence-corrected chi connectivity index (χ4v) is 2.00. The second-order valence-corrected chi connectivity index (χ2v) is 4.83. The maximum absolute atomic E-state index is 11.8. The minimum Gasteiger partial charge on any atom is -0.273 e. The first kappa shape index (κ1) is 18.6. The summed E-state index contributed by atoms with van der Waals surface area (Å²) in [6.45, 7) is 6.07. The van der Waals surface area contributed by atoms with Gasteiger partial charge in [-0.25, -0.2) is 5.43 Å². The summed E-state index contributed by atoms with van der Waals surface area (Å²) in [4.78, 5) is 11.8. The molecule has 0 saturated heterocycles. The standard InChI is InChI=1S/C18H20N2O.C2H6/c1-2-3-14-17(21)19-20-18(15-10-6-4-7-11-15)16-12-8-5-9-13-16;1-2/h4-13H,2-3,14H2,1H3,(H,19,21);1-2H3. The molecule has 122 valence electrons. The topological polar surface area (TPSA) is 41.5 Å². The van der Waals surface area contributed by atoms with Gasteiger partial charge < -0.3 is 0 Å². The molecule has 3 nitrogen and oxygen atoms in total. The SMILES string of the molecule is CC.CCCCC(=O)NN=C(c1ccccc1)c1ccccc1. The lowest BCUT2D eigenvalue weighted by Gasteiger charge is -2.07. The second-order valence-electron chi connectivity index (χ2n) is 4.83. The molecule has 1 amide bonds. The zero-order valence-corrected chi connectivity index (χ0v) is 14.3. The Labute approximate surface area is 139 Å². The predicted molar refractivity (Wildman–Crippen MR) is 97.5 cm³/mol. The van der Waals surface area contributed by atoms with E-state index in [0.29, 0.717) is 6.42 Å². The van der Waals surface area contributed by atoms with Crippen LogP contribution in [-0.4, -0.2) is 11.6 Å². The van der Waals surface area contributed by atoms with Crippen LogP contribution in [0.4, 0.5) is 0 Å². The van der Waals surface area contributed by atoms with Crippen molar-refractivity contribution in [1.82, 2.24) is 5.43 Å². The average Bonchev–Trinajstić information content (AvgIpc) is 2.63. The predicted octanol–water partition coefficient (Wildman–Crippen LogP) is 4.77. The van der Waals surface area contributed by atoms with E-state index in [1.807, 2.05) is 74.5 Å². The molecule has 2 aromatic carbocycles. The number of nitrogens with zero attached hydrogens (tertiary/aromatic N) is 1. The van der Waals surface area contributed by atoms with E-state index in [4.69, 9.17) is 0 Å². The Morgan fingerprint density at radius 2 is 1.39 bits per heavy atom. The number of hydrogen-bond acceptors (Lipinski definition) is 2. The minimum atomic E-state index is -0.0405. The van der Waals surface area contributed by atoms with Crippen molar-refractivity contribution in [1.29, 1.82) is 0 Å². The van der Waals surface area contributed by atoms with Crippen LogP contribution in [-0.2, 0) is 4.79 Å².